The van der Waals surface area contributed by atoms with Gasteiger partial charge in [-0.3, -0.25) is 9.59 Å². The second kappa shape index (κ2) is 7.93. The summed E-state index contributed by atoms with van der Waals surface area (Å²) in [7, 11) is 0. The Hall–Kier alpha value is -1.69. The van der Waals surface area contributed by atoms with Gasteiger partial charge in [0, 0.05) is 23.5 Å². The zero-order chi connectivity index (χ0) is 15.9. The number of ether oxygens (including phenoxy) is 1. The molecule has 0 saturated carbocycles. The van der Waals surface area contributed by atoms with Crippen molar-refractivity contribution in [1.82, 2.24) is 0 Å². The van der Waals surface area contributed by atoms with Gasteiger partial charge in [-0.15, -0.1) is 11.8 Å². The summed E-state index contributed by atoms with van der Waals surface area (Å²) in [6.07, 6.45) is 0.336. The number of amides is 1. The number of hydrogen-bond acceptors (Lipinski definition) is 5. The van der Waals surface area contributed by atoms with Crippen LogP contribution in [0.3, 0.4) is 0 Å². The molecular weight excluding hydrogens is 288 g/mol. The Morgan fingerprint density at radius 1 is 1.33 bits per heavy atom. The van der Waals surface area contributed by atoms with Crippen molar-refractivity contribution in [2.24, 2.45) is 0 Å². The molecular formula is C15H22N2O3S. The number of anilines is 2. The molecule has 0 aliphatic carbocycles. The van der Waals surface area contributed by atoms with E-state index in [2.05, 4.69) is 5.32 Å². The van der Waals surface area contributed by atoms with Gasteiger partial charge in [0.15, 0.2) is 0 Å². The summed E-state index contributed by atoms with van der Waals surface area (Å²) in [5, 5.41) is 2.76. The van der Waals surface area contributed by atoms with Crippen molar-refractivity contribution in [2.45, 2.75) is 32.8 Å². The SMILES string of the molecule is CC(C)(C)OC(=O)CSCCC(=O)Nc1cccc(N)c1. The minimum absolute atomic E-state index is 0.0997. The average Bonchev–Trinajstić information content (AvgIpc) is 2.32. The van der Waals surface area contributed by atoms with Crippen LogP contribution >= 0.6 is 11.8 Å². The number of nitrogen functional groups attached to an aromatic ring is 1. The number of carbonyl (C=O) groups is 2. The first-order valence-electron chi connectivity index (χ1n) is 6.71. The van der Waals surface area contributed by atoms with Crippen molar-refractivity contribution >= 4 is 35.0 Å². The van der Waals surface area contributed by atoms with E-state index in [0.717, 1.165) is 0 Å². The molecule has 3 N–H and O–H groups in total. The van der Waals surface area contributed by atoms with E-state index < -0.39 is 5.60 Å². The van der Waals surface area contributed by atoms with Crippen LogP contribution in [0, 0.1) is 0 Å². The molecule has 0 saturated heterocycles. The van der Waals surface area contributed by atoms with Gasteiger partial charge in [-0.2, -0.15) is 0 Å². The number of carbonyl (C=O) groups excluding carboxylic acids is 2. The van der Waals surface area contributed by atoms with Crippen LogP contribution in [0.2, 0.25) is 0 Å². The molecule has 116 valence electrons. The van der Waals surface area contributed by atoms with Crippen molar-refractivity contribution in [1.29, 1.82) is 0 Å². The van der Waals surface area contributed by atoms with Gasteiger partial charge in [0.1, 0.15) is 5.60 Å². The Kier molecular flexibility index (Phi) is 6.55. The van der Waals surface area contributed by atoms with Crippen LogP contribution in [-0.2, 0) is 14.3 Å². The van der Waals surface area contributed by atoms with Gasteiger partial charge in [0.25, 0.3) is 0 Å². The molecule has 0 spiro atoms. The molecule has 6 heteroatoms. The summed E-state index contributed by atoms with van der Waals surface area (Å²) < 4.78 is 5.18. The fraction of sp³-hybridized carbons (Fsp3) is 0.467. The molecule has 1 amide bonds. The highest BCUT2D eigenvalue weighted by Crippen LogP contribution is 2.13. The largest absolute Gasteiger partial charge is 0.459 e. The first-order valence-corrected chi connectivity index (χ1v) is 7.87. The van der Waals surface area contributed by atoms with Gasteiger partial charge in [-0.25, -0.2) is 0 Å². The van der Waals surface area contributed by atoms with Gasteiger partial charge >= 0.3 is 5.97 Å². The predicted octanol–water partition coefficient (Wildman–Crippen LogP) is 2.67. The maximum atomic E-state index is 11.7. The van der Waals surface area contributed by atoms with Crippen molar-refractivity contribution in [3.05, 3.63) is 24.3 Å². The Morgan fingerprint density at radius 2 is 2.05 bits per heavy atom. The highest BCUT2D eigenvalue weighted by atomic mass is 32.2. The van der Waals surface area contributed by atoms with Crippen LogP contribution < -0.4 is 11.1 Å². The van der Waals surface area contributed by atoms with E-state index in [1.54, 1.807) is 24.3 Å². The quantitative estimate of drug-likeness (QED) is 0.479. The summed E-state index contributed by atoms with van der Waals surface area (Å²) in [4.78, 5) is 23.2. The summed E-state index contributed by atoms with van der Waals surface area (Å²) >= 11 is 1.38. The number of hydrogen-bond donors (Lipinski definition) is 2. The van der Waals surface area contributed by atoms with Crippen molar-refractivity contribution in [2.75, 3.05) is 22.6 Å². The second-order valence-electron chi connectivity index (χ2n) is 5.56. The predicted molar refractivity (Wildman–Crippen MR) is 87.3 cm³/mol. The lowest BCUT2D eigenvalue weighted by Crippen LogP contribution is -2.25. The third kappa shape index (κ3) is 8.24. The van der Waals surface area contributed by atoms with Crippen molar-refractivity contribution in [3.63, 3.8) is 0 Å². The number of nitrogens with two attached hydrogens (primary N) is 1. The summed E-state index contributed by atoms with van der Waals surface area (Å²) in [6, 6.07) is 7.02. The van der Waals surface area contributed by atoms with Crippen LogP contribution in [0.4, 0.5) is 11.4 Å². The smallest absolute Gasteiger partial charge is 0.316 e. The number of thioether (sulfide) groups is 1. The number of benzene rings is 1. The topological polar surface area (TPSA) is 81.4 Å². The Labute approximate surface area is 129 Å². The third-order valence-corrected chi connectivity index (χ3v) is 3.22. The normalized spacial score (nSPS) is 11.0. The van der Waals surface area contributed by atoms with Gasteiger partial charge < -0.3 is 15.8 Å². The fourth-order valence-corrected chi connectivity index (χ4v) is 2.23. The molecule has 0 bridgehead atoms. The molecule has 5 nitrogen and oxygen atoms in total. The Bertz CT molecular complexity index is 498. The van der Waals surface area contributed by atoms with Crippen LogP contribution in [0.25, 0.3) is 0 Å². The van der Waals surface area contributed by atoms with Gasteiger partial charge in [-0.1, -0.05) is 6.07 Å². The zero-order valence-electron chi connectivity index (χ0n) is 12.6. The molecule has 0 aliphatic heterocycles. The van der Waals surface area contributed by atoms with Crippen LogP contribution in [-0.4, -0.2) is 29.0 Å². The first kappa shape index (κ1) is 17.4. The molecule has 1 aromatic carbocycles. The third-order valence-electron chi connectivity index (χ3n) is 2.28. The maximum absolute atomic E-state index is 11.7. The highest BCUT2D eigenvalue weighted by Gasteiger charge is 2.16. The lowest BCUT2D eigenvalue weighted by Gasteiger charge is -2.19. The fourth-order valence-electron chi connectivity index (χ4n) is 1.53. The van der Waals surface area contributed by atoms with E-state index in [1.165, 1.54) is 11.8 Å². The Balaban J connectivity index is 2.21. The zero-order valence-corrected chi connectivity index (χ0v) is 13.5. The monoisotopic (exact) mass is 310 g/mol. The maximum Gasteiger partial charge on any atom is 0.316 e. The van der Waals surface area contributed by atoms with E-state index in [4.69, 9.17) is 10.5 Å². The number of esters is 1. The van der Waals surface area contributed by atoms with Crippen LogP contribution in [0.5, 0.6) is 0 Å². The Morgan fingerprint density at radius 3 is 2.67 bits per heavy atom. The molecule has 0 aromatic heterocycles. The lowest BCUT2D eigenvalue weighted by atomic mass is 10.2. The molecule has 0 radical (unpaired) electrons. The number of rotatable bonds is 6. The van der Waals surface area contributed by atoms with Gasteiger partial charge in [-0.05, 0) is 39.0 Å². The lowest BCUT2D eigenvalue weighted by molar-refractivity contribution is -0.151. The molecule has 0 unspecified atom stereocenters. The number of nitrogens with one attached hydrogen (secondary N) is 1. The van der Waals surface area contributed by atoms with E-state index in [1.807, 2.05) is 20.8 Å². The summed E-state index contributed by atoms with van der Waals surface area (Å²) in [6.45, 7) is 5.48. The minimum Gasteiger partial charge on any atom is -0.459 e. The van der Waals surface area contributed by atoms with E-state index in [9.17, 15) is 9.59 Å². The molecule has 1 rings (SSSR count). The van der Waals surface area contributed by atoms with Crippen LogP contribution in [0.15, 0.2) is 24.3 Å². The summed E-state index contributed by atoms with van der Waals surface area (Å²) in [5.74, 6) is 0.456. The molecule has 21 heavy (non-hydrogen) atoms. The van der Waals surface area contributed by atoms with E-state index in [-0.39, 0.29) is 17.6 Å². The van der Waals surface area contributed by atoms with Gasteiger partial charge in [0.2, 0.25) is 5.91 Å². The standard InChI is InChI=1S/C15H22N2O3S/c1-15(2,3)20-14(19)10-21-8-7-13(18)17-12-6-4-5-11(16)9-12/h4-6,9H,7-8,10,16H2,1-3H3,(H,17,18). The minimum atomic E-state index is -0.470. The molecule has 0 atom stereocenters. The molecule has 0 heterocycles. The van der Waals surface area contributed by atoms with E-state index >= 15 is 0 Å². The molecule has 0 fully saturated rings. The van der Waals surface area contributed by atoms with Gasteiger partial charge in [0.05, 0.1) is 5.75 Å². The molecule has 0 aliphatic rings. The first-order chi connectivity index (χ1) is 9.76. The second-order valence-corrected chi connectivity index (χ2v) is 6.67. The average molecular weight is 310 g/mol. The van der Waals surface area contributed by atoms with Crippen molar-refractivity contribution < 1.29 is 14.3 Å². The summed E-state index contributed by atoms with van der Waals surface area (Å²) in [5.41, 5.74) is 6.44. The molecule has 1 aromatic rings. The highest BCUT2D eigenvalue weighted by molar-refractivity contribution is 7.99. The van der Waals surface area contributed by atoms with Crippen molar-refractivity contribution in [3.8, 4) is 0 Å². The van der Waals surface area contributed by atoms with Crippen LogP contribution in [0.1, 0.15) is 27.2 Å². The van der Waals surface area contributed by atoms with E-state index in [0.29, 0.717) is 23.5 Å².